The zero-order valence-electron chi connectivity index (χ0n) is 22.7. The highest BCUT2D eigenvalue weighted by atomic mass is 16.6. The maximum Gasteiger partial charge on any atom is 0.120 e. The van der Waals surface area contributed by atoms with Crippen LogP contribution >= 0.6 is 0 Å². The van der Waals surface area contributed by atoms with Gasteiger partial charge in [0.1, 0.15) is 5.60 Å². The Balaban J connectivity index is 1.29. The minimum atomic E-state index is -0.392. The maximum atomic E-state index is 6.31. The minimum absolute atomic E-state index is 0.392. The van der Waals surface area contributed by atoms with E-state index in [9.17, 15) is 0 Å². The smallest absolute Gasteiger partial charge is 0.120 e. The third-order valence-electron chi connectivity index (χ3n) is 6.15. The van der Waals surface area contributed by atoms with Crippen LogP contribution in [0.3, 0.4) is 0 Å². The zero-order valence-corrected chi connectivity index (χ0v) is 22.7. The molecule has 1 aromatic carbocycles. The fourth-order valence-corrected chi connectivity index (χ4v) is 4.14. The Morgan fingerprint density at radius 2 is 0.737 bits per heavy atom. The van der Waals surface area contributed by atoms with Crippen LogP contribution in [0.1, 0.15) is 24.0 Å². The van der Waals surface area contributed by atoms with Crippen LogP contribution in [0.5, 0.6) is 0 Å². The normalized spacial score (nSPS) is 23.9. The second kappa shape index (κ2) is 20.7. The van der Waals surface area contributed by atoms with Crippen molar-refractivity contribution in [2.45, 2.75) is 18.4 Å². The van der Waals surface area contributed by atoms with Crippen molar-refractivity contribution >= 4 is 0 Å². The summed E-state index contributed by atoms with van der Waals surface area (Å²) in [6, 6.07) is 8.44. The SMILES string of the molecule is c1cc2cc(c1)C21CCOCCOCCOCCOCCOCCCOCCOCCOCCOCCO1. The number of benzene rings is 1. The summed E-state index contributed by atoms with van der Waals surface area (Å²) in [7, 11) is 0. The molecule has 3 aliphatic rings. The minimum Gasteiger partial charge on any atom is -0.379 e. The van der Waals surface area contributed by atoms with Crippen LogP contribution in [0.15, 0.2) is 24.3 Å². The Kier molecular flexibility index (Phi) is 17.1. The Morgan fingerprint density at radius 1 is 0.395 bits per heavy atom. The predicted molar refractivity (Wildman–Crippen MR) is 140 cm³/mol. The topological polar surface area (TPSA) is 92.3 Å². The van der Waals surface area contributed by atoms with E-state index in [4.69, 9.17) is 47.4 Å². The van der Waals surface area contributed by atoms with E-state index in [1.54, 1.807) is 0 Å². The summed E-state index contributed by atoms with van der Waals surface area (Å²) in [6.07, 6.45) is 1.60. The Morgan fingerprint density at radius 3 is 1.13 bits per heavy atom. The van der Waals surface area contributed by atoms with Gasteiger partial charge in [-0.1, -0.05) is 18.2 Å². The Bertz CT molecular complexity index is 643. The number of hydrogen-bond donors (Lipinski definition) is 0. The second-order valence-corrected chi connectivity index (χ2v) is 8.87. The van der Waals surface area contributed by atoms with Gasteiger partial charge in [-0.25, -0.2) is 0 Å². The predicted octanol–water partition coefficient (Wildman–Crippen LogP) is 2.20. The quantitative estimate of drug-likeness (QED) is 0.486. The number of ether oxygens (including phenoxy) is 10. The molecule has 1 aliphatic heterocycles. The van der Waals surface area contributed by atoms with Gasteiger partial charge in [-0.05, 0) is 23.6 Å². The summed E-state index contributed by atoms with van der Waals surface area (Å²) in [4.78, 5) is 0. The van der Waals surface area contributed by atoms with Crippen molar-refractivity contribution in [3.8, 4) is 0 Å². The van der Waals surface area contributed by atoms with Gasteiger partial charge in [0.05, 0.1) is 112 Å². The molecule has 0 amide bonds. The summed E-state index contributed by atoms with van der Waals surface area (Å²) < 4.78 is 56.6. The molecule has 2 aliphatic carbocycles. The zero-order chi connectivity index (χ0) is 26.4. The molecule has 218 valence electrons. The van der Waals surface area contributed by atoms with E-state index >= 15 is 0 Å². The first-order valence-corrected chi connectivity index (χ1v) is 13.9. The van der Waals surface area contributed by atoms with Crippen LogP contribution in [0, 0.1) is 0 Å². The molecule has 0 aromatic heterocycles. The average molecular weight is 543 g/mol. The van der Waals surface area contributed by atoms with E-state index in [2.05, 4.69) is 24.3 Å². The van der Waals surface area contributed by atoms with Gasteiger partial charge in [-0.15, -0.1) is 0 Å². The maximum absolute atomic E-state index is 6.31. The van der Waals surface area contributed by atoms with Crippen LogP contribution in [0.25, 0.3) is 0 Å². The van der Waals surface area contributed by atoms with Gasteiger partial charge < -0.3 is 47.4 Å². The Hall–Kier alpha value is -1.18. The molecule has 1 saturated heterocycles. The lowest BCUT2D eigenvalue weighted by Crippen LogP contribution is -2.40. The molecular weight excluding hydrogens is 496 g/mol. The van der Waals surface area contributed by atoms with Crippen molar-refractivity contribution in [2.24, 2.45) is 0 Å². The fraction of sp³-hybridized carbons (Fsp3) is 0.786. The van der Waals surface area contributed by atoms with Gasteiger partial charge in [0.2, 0.25) is 0 Å². The van der Waals surface area contributed by atoms with E-state index in [0.29, 0.717) is 126 Å². The summed E-state index contributed by atoms with van der Waals surface area (Å²) in [5.74, 6) is 0. The van der Waals surface area contributed by atoms with Crippen molar-refractivity contribution in [1.29, 1.82) is 0 Å². The average Bonchev–Trinajstić information content (AvgIpc) is 2.94. The first kappa shape index (κ1) is 31.3. The largest absolute Gasteiger partial charge is 0.379 e. The summed E-state index contributed by atoms with van der Waals surface area (Å²) in [6.45, 7) is 10.5. The van der Waals surface area contributed by atoms with Gasteiger partial charge in [0, 0.05) is 19.6 Å². The van der Waals surface area contributed by atoms with Crippen molar-refractivity contribution in [3.63, 3.8) is 0 Å². The van der Waals surface area contributed by atoms with E-state index in [1.807, 2.05) is 0 Å². The van der Waals surface area contributed by atoms with Crippen molar-refractivity contribution in [1.82, 2.24) is 0 Å². The highest BCUT2D eigenvalue weighted by molar-refractivity contribution is 5.48. The first-order valence-electron chi connectivity index (χ1n) is 13.9. The van der Waals surface area contributed by atoms with Gasteiger partial charge in [-0.3, -0.25) is 0 Å². The molecule has 0 atom stereocenters. The van der Waals surface area contributed by atoms with Crippen molar-refractivity contribution < 1.29 is 47.4 Å². The molecule has 0 saturated carbocycles. The molecule has 0 N–H and O–H groups in total. The van der Waals surface area contributed by atoms with Gasteiger partial charge >= 0.3 is 0 Å². The lowest BCUT2D eigenvalue weighted by atomic mass is 9.74. The number of fused-ring (bicyclic) bond motifs is 2. The van der Waals surface area contributed by atoms with E-state index in [-0.39, 0.29) is 0 Å². The number of rotatable bonds is 0. The van der Waals surface area contributed by atoms with Crippen molar-refractivity contribution in [3.05, 3.63) is 35.4 Å². The first-order chi connectivity index (χ1) is 18.9. The molecule has 38 heavy (non-hydrogen) atoms. The Labute approximate surface area is 227 Å². The van der Waals surface area contributed by atoms with Crippen LogP contribution in [0.2, 0.25) is 0 Å². The molecule has 0 radical (unpaired) electrons. The molecule has 10 nitrogen and oxygen atoms in total. The monoisotopic (exact) mass is 542 g/mol. The molecule has 4 rings (SSSR count). The highest BCUT2D eigenvalue weighted by Gasteiger charge is 2.42. The molecule has 10 heteroatoms. The lowest BCUT2D eigenvalue weighted by Gasteiger charge is -2.42. The van der Waals surface area contributed by atoms with E-state index < -0.39 is 5.60 Å². The summed E-state index contributed by atoms with van der Waals surface area (Å²) >= 11 is 0. The lowest BCUT2D eigenvalue weighted by molar-refractivity contribution is -0.0786. The van der Waals surface area contributed by atoms with Crippen LogP contribution in [0.4, 0.5) is 0 Å². The molecule has 1 spiro atoms. The molecule has 2 bridgehead atoms. The number of hydrogen-bond acceptors (Lipinski definition) is 10. The molecule has 1 fully saturated rings. The molecule has 1 heterocycles. The van der Waals surface area contributed by atoms with Crippen LogP contribution < -0.4 is 0 Å². The molecule has 0 unspecified atom stereocenters. The van der Waals surface area contributed by atoms with E-state index in [1.165, 1.54) is 11.1 Å². The van der Waals surface area contributed by atoms with Gasteiger partial charge in [-0.2, -0.15) is 0 Å². The van der Waals surface area contributed by atoms with Crippen LogP contribution in [-0.2, 0) is 53.0 Å². The highest BCUT2D eigenvalue weighted by Crippen LogP contribution is 2.45. The second-order valence-electron chi connectivity index (χ2n) is 8.87. The molecule has 1 aromatic rings. The van der Waals surface area contributed by atoms with Gasteiger partial charge in [0.15, 0.2) is 0 Å². The third kappa shape index (κ3) is 12.3. The summed E-state index contributed by atoms with van der Waals surface area (Å²) in [5, 5.41) is 0. The molecular formula is C28H46O10. The van der Waals surface area contributed by atoms with Crippen molar-refractivity contribution in [2.75, 3.05) is 126 Å². The summed E-state index contributed by atoms with van der Waals surface area (Å²) in [5.41, 5.74) is 1.99. The van der Waals surface area contributed by atoms with Crippen LogP contribution in [-0.4, -0.2) is 126 Å². The van der Waals surface area contributed by atoms with E-state index in [0.717, 1.165) is 12.8 Å². The third-order valence-corrected chi connectivity index (χ3v) is 6.15. The fourth-order valence-electron chi connectivity index (χ4n) is 4.14. The standard InChI is InChI=1S/C28H46O10/c1-3-26-25-27(4-1)28(26)5-8-31-11-14-34-17-20-35-18-15-32-12-9-29-6-2-7-30-10-13-33-16-19-36-21-22-37-23-24-38-28/h1,3-4,25H,2,5-24H2. The van der Waals surface area contributed by atoms with Gasteiger partial charge in [0.25, 0.3) is 0 Å².